The highest BCUT2D eigenvalue weighted by atomic mass is 15.3. The maximum absolute atomic E-state index is 4.05. The van der Waals surface area contributed by atoms with E-state index in [4.69, 9.17) is 0 Å². The van der Waals surface area contributed by atoms with Gasteiger partial charge in [0, 0.05) is 45.1 Å². The Bertz CT molecular complexity index is 2420. The Morgan fingerprint density at radius 3 is 1.73 bits per heavy atom. The number of benzene rings is 6. The smallest absolute Gasteiger partial charge is 0.0517 e. The lowest BCUT2D eigenvalue weighted by Crippen LogP contribution is -2.54. The molecule has 1 heterocycles. The number of fused-ring (bicyclic) bond motifs is 3. The van der Waals surface area contributed by atoms with Gasteiger partial charge in [-0.05, 0) is 124 Å². The topological polar surface area (TPSA) is 18.5 Å². The summed E-state index contributed by atoms with van der Waals surface area (Å²) in [5.41, 5.74) is 15.9. The summed E-state index contributed by atoms with van der Waals surface area (Å²) in [7, 11) is 0. The van der Waals surface area contributed by atoms with Crippen LogP contribution in [-0.4, -0.2) is 5.54 Å². The van der Waals surface area contributed by atoms with Crippen molar-refractivity contribution >= 4 is 39.8 Å². The first-order valence-corrected chi connectivity index (χ1v) is 21.9. The summed E-state index contributed by atoms with van der Waals surface area (Å²) in [5.74, 6) is 0. The number of nitrogens with one attached hydrogen (secondary N) is 1. The van der Waals surface area contributed by atoms with Crippen LogP contribution in [0.5, 0.6) is 0 Å². The van der Waals surface area contributed by atoms with Gasteiger partial charge in [-0.3, -0.25) is 0 Å². The van der Waals surface area contributed by atoms with Crippen molar-refractivity contribution in [2.75, 3.05) is 15.1 Å². The molecule has 1 aliphatic heterocycles. The van der Waals surface area contributed by atoms with Gasteiger partial charge in [-0.15, -0.1) is 0 Å². The molecular weight excluding hydrogens is 715 g/mol. The summed E-state index contributed by atoms with van der Waals surface area (Å²) in [5, 5.41) is 4.05. The van der Waals surface area contributed by atoms with Crippen molar-refractivity contribution in [2.45, 2.75) is 129 Å². The zero-order valence-electron chi connectivity index (χ0n) is 37.5. The van der Waals surface area contributed by atoms with Crippen molar-refractivity contribution in [3.63, 3.8) is 0 Å². The van der Waals surface area contributed by atoms with Gasteiger partial charge in [0.05, 0.1) is 11.2 Å². The van der Waals surface area contributed by atoms with Crippen LogP contribution in [0, 0.1) is 0 Å². The van der Waals surface area contributed by atoms with E-state index in [9.17, 15) is 0 Å². The van der Waals surface area contributed by atoms with E-state index in [0.29, 0.717) is 0 Å². The van der Waals surface area contributed by atoms with Crippen LogP contribution < -0.4 is 15.1 Å². The molecule has 304 valence electrons. The van der Waals surface area contributed by atoms with Gasteiger partial charge in [-0.2, -0.15) is 0 Å². The predicted octanol–water partition coefficient (Wildman–Crippen LogP) is 16.2. The molecule has 2 aliphatic rings. The Morgan fingerprint density at radius 2 is 1.10 bits per heavy atom. The molecule has 2 unspecified atom stereocenters. The van der Waals surface area contributed by atoms with Crippen LogP contribution in [0.1, 0.15) is 124 Å². The molecule has 1 fully saturated rings. The molecule has 0 radical (unpaired) electrons. The van der Waals surface area contributed by atoms with Crippen LogP contribution in [0.4, 0.5) is 39.8 Å². The third-order valence-corrected chi connectivity index (χ3v) is 13.6. The lowest BCUT2D eigenvalue weighted by atomic mass is 9.61. The van der Waals surface area contributed by atoms with E-state index in [1.54, 1.807) is 0 Å². The fourth-order valence-corrected chi connectivity index (χ4v) is 9.83. The molecular formula is C56H65N3. The number of hydrogen-bond acceptors (Lipinski definition) is 3. The second-order valence-electron chi connectivity index (χ2n) is 20.8. The summed E-state index contributed by atoms with van der Waals surface area (Å²) in [4.78, 5) is 5.21. The molecule has 0 bridgehead atoms. The lowest BCUT2D eigenvalue weighted by molar-refractivity contribution is 0.195. The zero-order valence-corrected chi connectivity index (χ0v) is 37.5. The quantitative estimate of drug-likeness (QED) is 0.174. The van der Waals surface area contributed by atoms with Crippen molar-refractivity contribution in [1.29, 1.82) is 0 Å². The van der Waals surface area contributed by atoms with E-state index in [-0.39, 0.29) is 27.2 Å². The summed E-state index contributed by atoms with van der Waals surface area (Å²) in [6.07, 6.45) is 4.82. The van der Waals surface area contributed by atoms with E-state index >= 15 is 0 Å². The fraction of sp³-hybridized carbons (Fsp3) is 0.357. The maximum Gasteiger partial charge on any atom is 0.0517 e. The molecule has 0 aromatic heterocycles. The van der Waals surface area contributed by atoms with Crippen molar-refractivity contribution in [1.82, 2.24) is 0 Å². The SMILES string of the molecule is CC(C)(C)c1cccc(N(c2cc(Nc3ccc(C(C)(C)C)cc3-c3ccccc3)cc(N3c4ccccc4C4(C)CCCCC34C)c2)c2cccc(C(C)(C)C)c2)c1. The highest BCUT2D eigenvalue weighted by molar-refractivity contribution is 5.88. The normalized spacial score (nSPS) is 19.3. The summed E-state index contributed by atoms with van der Waals surface area (Å²) in [6.45, 7) is 25.8. The third kappa shape index (κ3) is 7.47. The molecule has 0 saturated heterocycles. The second-order valence-corrected chi connectivity index (χ2v) is 20.8. The number of para-hydroxylation sites is 1. The summed E-state index contributed by atoms with van der Waals surface area (Å²) >= 11 is 0. The van der Waals surface area contributed by atoms with Gasteiger partial charge in [0.1, 0.15) is 0 Å². The van der Waals surface area contributed by atoms with Crippen LogP contribution in [0.25, 0.3) is 11.1 Å². The van der Waals surface area contributed by atoms with Gasteiger partial charge in [0.15, 0.2) is 0 Å². The molecule has 8 rings (SSSR count). The lowest BCUT2D eigenvalue weighted by Gasteiger charge is -2.50. The summed E-state index contributed by atoms with van der Waals surface area (Å²) in [6, 6.07) is 52.6. The van der Waals surface area contributed by atoms with Crippen LogP contribution in [0.2, 0.25) is 0 Å². The average molecular weight is 780 g/mol. The van der Waals surface area contributed by atoms with Crippen LogP contribution in [-0.2, 0) is 21.7 Å². The zero-order chi connectivity index (χ0) is 42.0. The van der Waals surface area contributed by atoms with Crippen LogP contribution in [0.15, 0.2) is 140 Å². The number of hydrogen-bond donors (Lipinski definition) is 1. The number of anilines is 7. The van der Waals surface area contributed by atoms with E-state index < -0.39 is 0 Å². The Kier molecular flexibility index (Phi) is 10.1. The first kappa shape index (κ1) is 40.5. The van der Waals surface area contributed by atoms with Crippen molar-refractivity contribution in [3.05, 3.63) is 162 Å². The van der Waals surface area contributed by atoms with Crippen molar-refractivity contribution < 1.29 is 0 Å². The van der Waals surface area contributed by atoms with Gasteiger partial charge < -0.3 is 15.1 Å². The molecule has 0 amide bonds. The molecule has 59 heavy (non-hydrogen) atoms. The Labute approximate surface area is 355 Å². The number of rotatable bonds is 7. The van der Waals surface area contributed by atoms with Gasteiger partial charge >= 0.3 is 0 Å². The molecule has 6 aromatic rings. The standard InChI is InChI=1S/C56H65N3/c1-52(2,3)40-23-19-25-44(33-40)58(45-26-20-24-41(34-45)53(4,5)6)46-36-43(57-50-30-29-42(54(7,8)9)35-48(50)39-21-13-12-14-22-39)37-47(38-46)59-51-28-16-15-27-49(51)55(10)31-17-18-32-56(55,59)11/h12-16,19-30,33-38,57H,17-18,31-32H2,1-11H3. The maximum atomic E-state index is 4.05. The van der Waals surface area contributed by atoms with E-state index in [1.165, 1.54) is 64.0 Å². The van der Waals surface area contributed by atoms with E-state index in [1.807, 2.05) is 0 Å². The molecule has 3 nitrogen and oxygen atoms in total. The molecule has 3 heteroatoms. The Morgan fingerprint density at radius 1 is 0.525 bits per heavy atom. The first-order valence-electron chi connectivity index (χ1n) is 21.9. The third-order valence-electron chi connectivity index (χ3n) is 13.6. The molecule has 0 spiro atoms. The van der Waals surface area contributed by atoms with Gasteiger partial charge in [0.25, 0.3) is 0 Å². The highest BCUT2D eigenvalue weighted by Gasteiger charge is 2.57. The number of nitrogens with zero attached hydrogens (tertiary/aromatic N) is 2. The highest BCUT2D eigenvalue weighted by Crippen LogP contribution is 2.61. The van der Waals surface area contributed by atoms with Crippen LogP contribution >= 0.6 is 0 Å². The Hall–Kier alpha value is -5.28. The minimum Gasteiger partial charge on any atom is -0.355 e. The molecule has 6 aromatic carbocycles. The molecule has 1 saturated carbocycles. The predicted molar refractivity (Wildman–Crippen MR) is 255 cm³/mol. The van der Waals surface area contributed by atoms with Gasteiger partial charge in [-0.1, -0.05) is 161 Å². The Balaban J connectivity index is 1.39. The second kappa shape index (κ2) is 14.8. The van der Waals surface area contributed by atoms with Crippen molar-refractivity contribution in [2.24, 2.45) is 0 Å². The molecule has 1 aliphatic carbocycles. The first-order chi connectivity index (χ1) is 27.9. The fourth-order valence-electron chi connectivity index (χ4n) is 9.83. The minimum absolute atomic E-state index is 0.00412. The van der Waals surface area contributed by atoms with Gasteiger partial charge in [-0.25, -0.2) is 0 Å². The molecule has 1 N–H and O–H groups in total. The largest absolute Gasteiger partial charge is 0.355 e. The van der Waals surface area contributed by atoms with E-state index in [0.717, 1.165) is 34.9 Å². The minimum atomic E-state index is -0.0858. The van der Waals surface area contributed by atoms with Crippen LogP contribution in [0.3, 0.4) is 0 Å². The van der Waals surface area contributed by atoms with Gasteiger partial charge in [0.2, 0.25) is 0 Å². The average Bonchev–Trinajstić information content (AvgIpc) is 3.41. The van der Waals surface area contributed by atoms with Crippen molar-refractivity contribution in [3.8, 4) is 11.1 Å². The summed E-state index contributed by atoms with van der Waals surface area (Å²) < 4.78 is 0. The molecule has 2 atom stereocenters. The van der Waals surface area contributed by atoms with E-state index in [2.05, 4.69) is 231 Å². The monoisotopic (exact) mass is 780 g/mol.